The van der Waals surface area contributed by atoms with Gasteiger partial charge in [-0.15, -0.1) is 0 Å². The van der Waals surface area contributed by atoms with Crippen LogP contribution in [0.5, 0.6) is 0 Å². The fourth-order valence-electron chi connectivity index (χ4n) is 1.95. The highest BCUT2D eigenvalue weighted by molar-refractivity contribution is 8.23. The highest BCUT2D eigenvalue weighted by atomic mass is 32.2. The molecule has 1 aromatic rings. The first kappa shape index (κ1) is 14.9. The summed E-state index contributed by atoms with van der Waals surface area (Å²) in [5.74, 6) is 1.54. The summed E-state index contributed by atoms with van der Waals surface area (Å²) in [5.41, 5.74) is 2.35. The number of thioether (sulfide) groups is 2. The quantitative estimate of drug-likeness (QED) is 0.747. The van der Waals surface area contributed by atoms with E-state index in [0.717, 1.165) is 27.5 Å². The number of para-hydroxylation sites is 1. The molecule has 102 valence electrons. The smallest absolute Gasteiger partial charge is 0.170 e. The highest BCUT2D eigenvalue weighted by Crippen LogP contribution is 2.30. The number of nitrogens with zero attached hydrogens (tertiary/aromatic N) is 2. The molecule has 0 spiro atoms. The minimum atomic E-state index is 0.480. The number of aliphatic imine (C=N–C) groups is 1. The SMILES string of the molecule is CSC(=S)N1CCS/C1=N\c1ccccc1C(C)C. The third-order valence-electron chi connectivity index (χ3n) is 2.95. The molecule has 0 atom stereocenters. The molecule has 1 aromatic carbocycles. The molecule has 0 radical (unpaired) electrons. The highest BCUT2D eigenvalue weighted by Gasteiger charge is 2.23. The third-order valence-corrected chi connectivity index (χ3v) is 5.19. The van der Waals surface area contributed by atoms with Crippen LogP contribution in [0.4, 0.5) is 5.69 Å². The lowest BCUT2D eigenvalue weighted by atomic mass is 10.0. The molecular formula is C14H18N2S3. The van der Waals surface area contributed by atoms with E-state index in [0.29, 0.717) is 5.92 Å². The predicted octanol–water partition coefficient (Wildman–Crippen LogP) is 4.49. The fourth-order valence-corrected chi connectivity index (χ4v) is 3.60. The maximum absolute atomic E-state index is 5.39. The Balaban J connectivity index is 2.33. The average Bonchev–Trinajstić information content (AvgIpc) is 2.86. The van der Waals surface area contributed by atoms with Crippen molar-refractivity contribution in [2.45, 2.75) is 19.8 Å². The van der Waals surface area contributed by atoms with Gasteiger partial charge in [-0.2, -0.15) is 0 Å². The van der Waals surface area contributed by atoms with Crippen LogP contribution in [-0.2, 0) is 0 Å². The molecule has 1 aliphatic rings. The standard InChI is InChI=1S/C14H18N2S3/c1-10(2)11-6-4-5-7-12(11)15-13-16(8-9-19-13)14(17)18-3/h4-7,10H,8-9H2,1-3H3/b15-13-. The predicted molar refractivity (Wildman–Crippen MR) is 92.9 cm³/mol. The maximum Gasteiger partial charge on any atom is 0.170 e. The van der Waals surface area contributed by atoms with Gasteiger partial charge >= 0.3 is 0 Å². The zero-order chi connectivity index (χ0) is 13.8. The lowest BCUT2D eigenvalue weighted by Gasteiger charge is -2.17. The summed E-state index contributed by atoms with van der Waals surface area (Å²) < 4.78 is 0.908. The van der Waals surface area contributed by atoms with Crippen molar-refractivity contribution in [2.75, 3.05) is 18.6 Å². The Morgan fingerprint density at radius 1 is 1.42 bits per heavy atom. The molecule has 2 rings (SSSR count). The van der Waals surface area contributed by atoms with E-state index in [1.54, 1.807) is 23.5 Å². The molecular weight excluding hydrogens is 292 g/mol. The first-order valence-electron chi connectivity index (χ1n) is 6.29. The van der Waals surface area contributed by atoms with Crippen LogP contribution in [-0.4, -0.2) is 32.9 Å². The van der Waals surface area contributed by atoms with Gasteiger partial charge in [0, 0.05) is 12.3 Å². The van der Waals surface area contributed by atoms with Crippen molar-refractivity contribution >= 4 is 50.9 Å². The molecule has 5 heteroatoms. The Morgan fingerprint density at radius 3 is 2.84 bits per heavy atom. The number of thiocarbonyl (C=S) groups is 1. The summed E-state index contributed by atoms with van der Waals surface area (Å²) in [6.07, 6.45) is 2.02. The summed E-state index contributed by atoms with van der Waals surface area (Å²) in [5, 5.41) is 1.03. The number of amidine groups is 1. The summed E-state index contributed by atoms with van der Waals surface area (Å²) in [7, 11) is 0. The van der Waals surface area contributed by atoms with E-state index in [1.807, 2.05) is 12.3 Å². The van der Waals surface area contributed by atoms with Crippen LogP contribution < -0.4 is 0 Å². The second kappa shape index (κ2) is 6.77. The maximum atomic E-state index is 5.39. The Morgan fingerprint density at radius 2 is 2.16 bits per heavy atom. The van der Waals surface area contributed by atoms with Gasteiger partial charge in [0.1, 0.15) is 4.32 Å². The van der Waals surface area contributed by atoms with E-state index >= 15 is 0 Å². The molecule has 0 unspecified atom stereocenters. The lowest BCUT2D eigenvalue weighted by Crippen LogP contribution is -2.27. The van der Waals surface area contributed by atoms with Crippen molar-refractivity contribution in [3.05, 3.63) is 29.8 Å². The van der Waals surface area contributed by atoms with Gasteiger partial charge in [-0.25, -0.2) is 4.99 Å². The molecule has 1 fully saturated rings. The van der Waals surface area contributed by atoms with E-state index in [4.69, 9.17) is 17.2 Å². The van der Waals surface area contributed by atoms with Crippen molar-refractivity contribution in [2.24, 2.45) is 4.99 Å². The topological polar surface area (TPSA) is 15.6 Å². The van der Waals surface area contributed by atoms with Gasteiger partial charge in [-0.1, -0.05) is 67.8 Å². The summed E-state index contributed by atoms with van der Waals surface area (Å²) in [6.45, 7) is 5.36. The monoisotopic (exact) mass is 310 g/mol. The number of benzene rings is 1. The normalized spacial score (nSPS) is 17.5. The van der Waals surface area contributed by atoms with Gasteiger partial charge in [0.15, 0.2) is 5.17 Å². The van der Waals surface area contributed by atoms with Crippen molar-refractivity contribution < 1.29 is 0 Å². The summed E-state index contributed by atoms with van der Waals surface area (Å²) in [6, 6.07) is 8.36. The van der Waals surface area contributed by atoms with Gasteiger partial charge < -0.3 is 4.90 Å². The minimum Gasteiger partial charge on any atom is -0.306 e. The van der Waals surface area contributed by atoms with Gasteiger partial charge in [0.05, 0.1) is 5.69 Å². The van der Waals surface area contributed by atoms with Crippen LogP contribution >= 0.6 is 35.7 Å². The molecule has 0 amide bonds. The van der Waals surface area contributed by atoms with Crippen molar-refractivity contribution in [3.8, 4) is 0 Å². The van der Waals surface area contributed by atoms with Crippen LogP contribution in [0.25, 0.3) is 0 Å². The average molecular weight is 311 g/mol. The van der Waals surface area contributed by atoms with Crippen molar-refractivity contribution in [1.82, 2.24) is 4.90 Å². The van der Waals surface area contributed by atoms with Crippen molar-refractivity contribution in [1.29, 1.82) is 0 Å². The van der Waals surface area contributed by atoms with E-state index in [2.05, 4.69) is 36.9 Å². The zero-order valence-corrected chi connectivity index (χ0v) is 13.9. The van der Waals surface area contributed by atoms with Crippen LogP contribution in [0.1, 0.15) is 25.3 Å². The number of hydrogen-bond donors (Lipinski definition) is 0. The summed E-state index contributed by atoms with van der Waals surface area (Å²) in [4.78, 5) is 6.98. The van der Waals surface area contributed by atoms with Crippen LogP contribution in [0.15, 0.2) is 29.3 Å². The van der Waals surface area contributed by atoms with E-state index in [-0.39, 0.29) is 0 Å². The number of rotatable bonds is 2. The van der Waals surface area contributed by atoms with Gasteiger partial charge in [-0.3, -0.25) is 0 Å². The molecule has 1 saturated heterocycles. The molecule has 0 saturated carbocycles. The van der Waals surface area contributed by atoms with Crippen molar-refractivity contribution in [3.63, 3.8) is 0 Å². The molecule has 1 heterocycles. The molecule has 0 aliphatic carbocycles. The second-order valence-electron chi connectivity index (χ2n) is 4.58. The second-order valence-corrected chi connectivity index (χ2v) is 7.08. The van der Waals surface area contributed by atoms with E-state index in [1.165, 1.54) is 5.56 Å². The Bertz CT molecular complexity index is 497. The Kier molecular flexibility index (Phi) is 5.30. The van der Waals surface area contributed by atoms with Crippen LogP contribution in [0.3, 0.4) is 0 Å². The largest absolute Gasteiger partial charge is 0.306 e. The molecule has 0 bridgehead atoms. The van der Waals surface area contributed by atoms with Gasteiger partial charge in [0.25, 0.3) is 0 Å². The molecule has 0 N–H and O–H groups in total. The minimum absolute atomic E-state index is 0.480. The molecule has 1 aliphatic heterocycles. The van der Waals surface area contributed by atoms with E-state index < -0.39 is 0 Å². The first-order valence-corrected chi connectivity index (χ1v) is 8.91. The lowest BCUT2D eigenvalue weighted by molar-refractivity contribution is 0.701. The fraction of sp³-hybridized carbons (Fsp3) is 0.429. The van der Waals surface area contributed by atoms with Crippen LogP contribution in [0.2, 0.25) is 0 Å². The zero-order valence-electron chi connectivity index (χ0n) is 11.4. The van der Waals surface area contributed by atoms with Crippen LogP contribution in [0, 0.1) is 0 Å². The molecule has 19 heavy (non-hydrogen) atoms. The Labute approximate surface area is 129 Å². The third kappa shape index (κ3) is 3.52. The van der Waals surface area contributed by atoms with Gasteiger partial charge in [0.2, 0.25) is 0 Å². The first-order chi connectivity index (χ1) is 9.13. The summed E-state index contributed by atoms with van der Waals surface area (Å²) >= 11 is 8.78. The van der Waals surface area contributed by atoms with Gasteiger partial charge in [-0.05, 0) is 23.8 Å². The Hall–Kier alpha value is -0.520. The molecule has 0 aromatic heterocycles. The number of hydrogen-bond acceptors (Lipinski definition) is 4. The van der Waals surface area contributed by atoms with E-state index in [9.17, 15) is 0 Å². The molecule has 2 nitrogen and oxygen atoms in total.